The Morgan fingerprint density at radius 3 is 2.71 bits per heavy atom. The van der Waals surface area contributed by atoms with Gasteiger partial charge < -0.3 is 5.11 Å². The van der Waals surface area contributed by atoms with Crippen molar-refractivity contribution >= 4 is 17.7 Å². The molecule has 0 amide bonds. The molecule has 2 atom stereocenters. The molecule has 1 saturated heterocycles. The molecule has 1 N–H and O–H groups in total. The van der Waals surface area contributed by atoms with E-state index in [1.54, 1.807) is 0 Å². The summed E-state index contributed by atoms with van der Waals surface area (Å²) in [7, 11) is 0. The third-order valence-electron chi connectivity index (χ3n) is 4.35. The minimum absolute atomic E-state index is 0.290. The van der Waals surface area contributed by atoms with E-state index < -0.39 is 5.97 Å². The molecule has 3 nitrogen and oxygen atoms in total. The van der Waals surface area contributed by atoms with Gasteiger partial charge in [-0.1, -0.05) is 31.0 Å². The number of hydrogen-bond donors (Lipinski definition) is 1. The van der Waals surface area contributed by atoms with Gasteiger partial charge in [0.2, 0.25) is 0 Å². The van der Waals surface area contributed by atoms with E-state index in [2.05, 4.69) is 43.0 Å². The summed E-state index contributed by atoms with van der Waals surface area (Å²) in [6.45, 7) is 6.02. The van der Waals surface area contributed by atoms with Crippen molar-refractivity contribution in [2.24, 2.45) is 5.92 Å². The van der Waals surface area contributed by atoms with Crippen LogP contribution in [0.15, 0.2) is 29.2 Å². The van der Waals surface area contributed by atoms with E-state index in [1.165, 1.54) is 10.5 Å². The lowest BCUT2D eigenvalue weighted by Crippen LogP contribution is -2.47. The number of nitrogens with zero attached hydrogens (tertiary/aromatic N) is 1. The lowest BCUT2D eigenvalue weighted by molar-refractivity contribution is -0.145. The lowest BCUT2D eigenvalue weighted by Gasteiger charge is -2.36. The van der Waals surface area contributed by atoms with Crippen LogP contribution in [-0.4, -0.2) is 40.9 Å². The third-order valence-corrected chi connectivity index (χ3v) is 5.34. The molecule has 1 fully saturated rings. The predicted octanol–water partition coefficient (Wildman–Crippen LogP) is 3.66. The summed E-state index contributed by atoms with van der Waals surface area (Å²) in [6.07, 6.45) is 3.03. The first-order chi connectivity index (χ1) is 10.1. The number of thioether (sulfide) groups is 1. The number of piperidine rings is 1. The molecule has 0 bridgehead atoms. The Balaban J connectivity index is 1.83. The summed E-state index contributed by atoms with van der Waals surface area (Å²) in [4.78, 5) is 14.9. The summed E-state index contributed by atoms with van der Waals surface area (Å²) in [6, 6.07) is 8.22. The average molecular weight is 307 g/mol. The number of rotatable bonds is 6. The van der Waals surface area contributed by atoms with Gasteiger partial charge in [0.15, 0.2) is 0 Å². The first kappa shape index (κ1) is 16.4. The normalized spacial score (nSPS) is 23.1. The van der Waals surface area contributed by atoms with Crippen molar-refractivity contribution in [2.45, 2.75) is 44.0 Å². The van der Waals surface area contributed by atoms with Crippen LogP contribution in [0.5, 0.6) is 0 Å². The van der Waals surface area contributed by atoms with Crippen LogP contribution in [0.25, 0.3) is 0 Å². The van der Waals surface area contributed by atoms with E-state index in [4.69, 9.17) is 0 Å². The Morgan fingerprint density at radius 1 is 1.38 bits per heavy atom. The van der Waals surface area contributed by atoms with E-state index in [1.807, 2.05) is 11.8 Å². The lowest BCUT2D eigenvalue weighted by atomic mass is 9.89. The summed E-state index contributed by atoms with van der Waals surface area (Å²) in [5.41, 5.74) is 1.27. The van der Waals surface area contributed by atoms with E-state index in [0.717, 1.165) is 38.1 Å². The molecular formula is C17H25NO2S. The standard InChI is InChI=1S/C17H25NO2S/c1-3-14-8-9-18(16(12-14)17(19)20)10-11-21-15-6-4-13(2)5-7-15/h4-7,14,16H,3,8-12H2,1-2H3,(H,19,20). The van der Waals surface area contributed by atoms with Gasteiger partial charge in [-0.3, -0.25) is 9.69 Å². The summed E-state index contributed by atoms with van der Waals surface area (Å²) in [5, 5.41) is 9.42. The number of carboxylic acid groups (broad SMARTS) is 1. The van der Waals surface area contributed by atoms with E-state index >= 15 is 0 Å². The summed E-state index contributed by atoms with van der Waals surface area (Å²) < 4.78 is 0. The second-order valence-electron chi connectivity index (χ2n) is 5.85. The van der Waals surface area contributed by atoms with E-state index in [9.17, 15) is 9.90 Å². The highest BCUT2D eigenvalue weighted by Crippen LogP contribution is 2.26. The van der Waals surface area contributed by atoms with Gasteiger partial charge in [-0.25, -0.2) is 0 Å². The zero-order valence-electron chi connectivity index (χ0n) is 12.9. The Morgan fingerprint density at radius 2 is 2.10 bits per heavy atom. The number of likely N-dealkylation sites (tertiary alicyclic amines) is 1. The zero-order chi connectivity index (χ0) is 15.2. The number of aliphatic carboxylic acids is 1. The minimum Gasteiger partial charge on any atom is -0.480 e. The minimum atomic E-state index is -0.659. The highest BCUT2D eigenvalue weighted by atomic mass is 32.2. The topological polar surface area (TPSA) is 40.5 Å². The van der Waals surface area contributed by atoms with Gasteiger partial charge in [-0.2, -0.15) is 0 Å². The quantitative estimate of drug-likeness (QED) is 0.814. The van der Waals surface area contributed by atoms with Gasteiger partial charge >= 0.3 is 5.97 Å². The fourth-order valence-corrected chi connectivity index (χ4v) is 3.79. The Labute approximate surface area is 131 Å². The zero-order valence-corrected chi connectivity index (χ0v) is 13.7. The van der Waals surface area contributed by atoms with Gasteiger partial charge in [0, 0.05) is 17.2 Å². The summed E-state index contributed by atoms with van der Waals surface area (Å²) in [5.74, 6) is 0.865. The Kier molecular flexibility index (Phi) is 6.12. The predicted molar refractivity (Wildman–Crippen MR) is 87.9 cm³/mol. The first-order valence-corrected chi connectivity index (χ1v) is 8.75. The van der Waals surface area contributed by atoms with Crippen LogP contribution in [0, 0.1) is 12.8 Å². The molecule has 116 valence electrons. The molecule has 1 aromatic carbocycles. The highest BCUT2D eigenvalue weighted by Gasteiger charge is 2.32. The molecule has 2 rings (SSSR count). The molecular weight excluding hydrogens is 282 g/mol. The van der Waals surface area contributed by atoms with Crippen LogP contribution in [0.3, 0.4) is 0 Å². The number of carboxylic acids is 1. The highest BCUT2D eigenvalue weighted by molar-refractivity contribution is 7.99. The summed E-state index contributed by atoms with van der Waals surface area (Å²) >= 11 is 1.81. The second kappa shape index (κ2) is 7.85. The van der Waals surface area contributed by atoms with Crippen molar-refractivity contribution in [3.8, 4) is 0 Å². The molecule has 0 radical (unpaired) electrons. The van der Waals surface area contributed by atoms with Gasteiger partial charge in [0.05, 0.1) is 0 Å². The van der Waals surface area contributed by atoms with E-state index in [-0.39, 0.29) is 6.04 Å². The molecule has 1 aliphatic heterocycles. The number of carbonyl (C=O) groups is 1. The molecule has 0 aromatic heterocycles. The largest absolute Gasteiger partial charge is 0.480 e. The van der Waals surface area contributed by atoms with Crippen LogP contribution in [0.4, 0.5) is 0 Å². The smallest absolute Gasteiger partial charge is 0.320 e. The van der Waals surface area contributed by atoms with Gasteiger partial charge in [0.1, 0.15) is 6.04 Å². The Hall–Kier alpha value is -1.00. The van der Waals surface area contributed by atoms with Crippen molar-refractivity contribution in [3.05, 3.63) is 29.8 Å². The molecule has 2 unspecified atom stereocenters. The van der Waals surface area contributed by atoms with Crippen molar-refractivity contribution in [1.29, 1.82) is 0 Å². The maximum atomic E-state index is 11.4. The average Bonchev–Trinajstić information content (AvgIpc) is 2.49. The van der Waals surface area contributed by atoms with Crippen molar-refractivity contribution in [1.82, 2.24) is 4.90 Å². The molecule has 0 aliphatic carbocycles. The fourth-order valence-electron chi connectivity index (χ4n) is 2.90. The van der Waals surface area contributed by atoms with Crippen molar-refractivity contribution in [2.75, 3.05) is 18.8 Å². The van der Waals surface area contributed by atoms with Gasteiger partial charge in [-0.15, -0.1) is 11.8 Å². The maximum absolute atomic E-state index is 11.4. The Bertz CT molecular complexity index is 460. The molecule has 21 heavy (non-hydrogen) atoms. The first-order valence-electron chi connectivity index (χ1n) is 7.76. The van der Waals surface area contributed by atoms with Crippen LogP contribution in [0.1, 0.15) is 31.7 Å². The van der Waals surface area contributed by atoms with Crippen molar-refractivity contribution in [3.63, 3.8) is 0 Å². The SMILES string of the molecule is CCC1CCN(CCSc2ccc(C)cc2)C(C(=O)O)C1. The van der Waals surface area contributed by atoms with E-state index in [0.29, 0.717) is 5.92 Å². The fraction of sp³-hybridized carbons (Fsp3) is 0.588. The molecule has 4 heteroatoms. The monoisotopic (exact) mass is 307 g/mol. The molecule has 1 heterocycles. The van der Waals surface area contributed by atoms with Gasteiger partial charge in [-0.05, 0) is 44.4 Å². The number of aryl methyl sites for hydroxylation is 1. The molecule has 1 aliphatic rings. The molecule has 1 aromatic rings. The second-order valence-corrected chi connectivity index (χ2v) is 7.02. The van der Waals surface area contributed by atoms with Crippen molar-refractivity contribution < 1.29 is 9.90 Å². The van der Waals surface area contributed by atoms with Gasteiger partial charge in [0.25, 0.3) is 0 Å². The molecule has 0 saturated carbocycles. The van der Waals surface area contributed by atoms with Crippen LogP contribution >= 0.6 is 11.8 Å². The van der Waals surface area contributed by atoms with Crippen LogP contribution in [-0.2, 0) is 4.79 Å². The third kappa shape index (κ3) is 4.75. The maximum Gasteiger partial charge on any atom is 0.320 e. The van der Waals surface area contributed by atoms with Crippen LogP contribution in [0.2, 0.25) is 0 Å². The number of benzene rings is 1. The van der Waals surface area contributed by atoms with Crippen LogP contribution < -0.4 is 0 Å². The molecule has 0 spiro atoms. The number of hydrogen-bond acceptors (Lipinski definition) is 3.